The van der Waals surface area contributed by atoms with Crippen LogP contribution in [0.4, 0.5) is 0 Å². The van der Waals surface area contributed by atoms with Gasteiger partial charge in [-0.2, -0.15) is 0 Å². The second-order valence-electron chi connectivity index (χ2n) is 3.06. The summed E-state index contributed by atoms with van der Waals surface area (Å²) in [5, 5.41) is 10.2. The van der Waals surface area contributed by atoms with Crippen LogP contribution in [0.3, 0.4) is 0 Å². The molecule has 0 spiro atoms. The molecule has 2 aromatic rings. The molecule has 1 N–H and O–H groups in total. The summed E-state index contributed by atoms with van der Waals surface area (Å²) in [6, 6.07) is 13.0. The monoisotopic (exact) mass is 237 g/mol. The molecule has 2 aromatic carbocycles. The molecule has 15 heavy (non-hydrogen) atoms. The van der Waals surface area contributed by atoms with Crippen molar-refractivity contribution in [3.63, 3.8) is 0 Å². The summed E-state index contributed by atoms with van der Waals surface area (Å²) < 4.78 is 0. The number of aromatic hydroxyl groups is 1. The minimum absolute atomic E-state index is 0.214. The number of rotatable bonds is 1. The number of halogens is 2. The first kappa shape index (κ1) is 10.3. The SMILES string of the molecule is Oc1ccc(-c2c(Cl)[c]ccc2Cl)cc1. The van der Waals surface area contributed by atoms with Gasteiger partial charge in [-0.1, -0.05) is 41.4 Å². The van der Waals surface area contributed by atoms with E-state index in [2.05, 4.69) is 6.07 Å². The highest BCUT2D eigenvalue weighted by Crippen LogP contribution is 2.34. The van der Waals surface area contributed by atoms with E-state index in [-0.39, 0.29) is 5.75 Å². The van der Waals surface area contributed by atoms with Gasteiger partial charge >= 0.3 is 0 Å². The maximum Gasteiger partial charge on any atom is 0.115 e. The Labute approximate surface area is 97.9 Å². The van der Waals surface area contributed by atoms with Crippen LogP contribution in [0.15, 0.2) is 36.4 Å². The predicted molar refractivity (Wildman–Crippen MR) is 62.4 cm³/mol. The summed E-state index contributed by atoms with van der Waals surface area (Å²) in [5.74, 6) is 0.214. The molecular weight excluding hydrogens is 231 g/mol. The molecule has 2 rings (SSSR count). The molecule has 0 amide bonds. The number of phenolic OH excluding ortho intramolecular Hbond substituents is 1. The molecule has 1 nitrogen and oxygen atoms in total. The summed E-state index contributed by atoms with van der Waals surface area (Å²) in [7, 11) is 0. The number of hydrogen-bond donors (Lipinski definition) is 1. The minimum atomic E-state index is 0.214. The number of phenols is 1. The molecule has 3 heteroatoms. The van der Waals surface area contributed by atoms with E-state index in [0.29, 0.717) is 10.0 Å². The van der Waals surface area contributed by atoms with Crippen molar-refractivity contribution in [2.45, 2.75) is 0 Å². The van der Waals surface area contributed by atoms with Gasteiger partial charge in [0.2, 0.25) is 0 Å². The van der Waals surface area contributed by atoms with Crippen LogP contribution in [0.5, 0.6) is 5.75 Å². The van der Waals surface area contributed by atoms with Gasteiger partial charge in [-0.25, -0.2) is 0 Å². The van der Waals surface area contributed by atoms with E-state index in [1.54, 1.807) is 36.4 Å². The van der Waals surface area contributed by atoms with E-state index in [0.717, 1.165) is 11.1 Å². The maximum atomic E-state index is 9.17. The molecule has 0 aliphatic heterocycles. The van der Waals surface area contributed by atoms with Crippen LogP contribution in [0, 0.1) is 6.07 Å². The van der Waals surface area contributed by atoms with Crippen LogP contribution in [-0.4, -0.2) is 5.11 Å². The number of hydrogen-bond acceptors (Lipinski definition) is 1. The predicted octanol–water partition coefficient (Wildman–Crippen LogP) is 4.17. The van der Waals surface area contributed by atoms with Crippen molar-refractivity contribution in [1.29, 1.82) is 0 Å². The van der Waals surface area contributed by atoms with Crippen LogP contribution in [0.1, 0.15) is 0 Å². The summed E-state index contributed by atoms with van der Waals surface area (Å²) >= 11 is 12.0. The van der Waals surface area contributed by atoms with Crippen LogP contribution in [0.2, 0.25) is 10.0 Å². The van der Waals surface area contributed by atoms with Crippen molar-refractivity contribution in [1.82, 2.24) is 0 Å². The molecule has 75 valence electrons. The van der Waals surface area contributed by atoms with Gasteiger partial charge in [-0.3, -0.25) is 0 Å². The lowest BCUT2D eigenvalue weighted by molar-refractivity contribution is 0.475. The Hall–Kier alpha value is -1.18. The average molecular weight is 238 g/mol. The Morgan fingerprint density at radius 1 is 1.00 bits per heavy atom. The fourth-order valence-electron chi connectivity index (χ4n) is 1.34. The van der Waals surface area contributed by atoms with Crippen LogP contribution >= 0.6 is 23.2 Å². The van der Waals surface area contributed by atoms with Crippen LogP contribution in [-0.2, 0) is 0 Å². The largest absolute Gasteiger partial charge is 0.508 e. The third-order valence-electron chi connectivity index (χ3n) is 2.05. The summed E-state index contributed by atoms with van der Waals surface area (Å²) in [6.45, 7) is 0. The lowest BCUT2D eigenvalue weighted by Crippen LogP contribution is -1.81. The second-order valence-corrected chi connectivity index (χ2v) is 3.85. The van der Waals surface area contributed by atoms with Gasteiger partial charge in [0.25, 0.3) is 0 Å². The van der Waals surface area contributed by atoms with Crippen molar-refractivity contribution in [3.8, 4) is 16.9 Å². The molecule has 1 radical (unpaired) electrons. The molecule has 0 unspecified atom stereocenters. The highest BCUT2D eigenvalue weighted by Gasteiger charge is 2.07. The normalized spacial score (nSPS) is 10.3. The van der Waals surface area contributed by atoms with E-state index >= 15 is 0 Å². The lowest BCUT2D eigenvalue weighted by atomic mass is 10.1. The molecule has 0 heterocycles. The van der Waals surface area contributed by atoms with Gasteiger partial charge in [0.15, 0.2) is 0 Å². The fourth-order valence-corrected chi connectivity index (χ4v) is 1.93. The molecule has 0 aliphatic rings. The van der Waals surface area contributed by atoms with Gasteiger partial charge in [0, 0.05) is 16.7 Å². The van der Waals surface area contributed by atoms with Crippen molar-refractivity contribution in [2.75, 3.05) is 0 Å². The Balaban J connectivity index is 2.58. The molecule has 0 bridgehead atoms. The molecule has 0 aromatic heterocycles. The summed E-state index contributed by atoms with van der Waals surface area (Å²) in [6.07, 6.45) is 0. The van der Waals surface area contributed by atoms with E-state index < -0.39 is 0 Å². The number of benzene rings is 2. The van der Waals surface area contributed by atoms with E-state index in [1.807, 2.05) is 0 Å². The van der Waals surface area contributed by atoms with E-state index in [4.69, 9.17) is 28.3 Å². The van der Waals surface area contributed by atoms with Crippen LogP contribution in [0.25, 0.3) is 11.1 Å². The topological polar surface area (TPSA) is 20.2 Å². The van der Waals surface area contributed by atoms with Crippen molar-refractivity contribution in [2.24, 2.45) is 0 Å². The Morgan fingerprint density at radius 3 is 2.27 bits per heavy atom. The first-order valence-electron chi connectivity index (χ1n) is 4.33. The van der Waals surface area contributed by atoms with Crippen LogP contribution < -0.4 is 0 Å². The first-order chi connectivity index (χ1) is 7.18. The molecule has 0 aliphatic carbocycles. The van der Waals surface area contributed by atoms with E-state index in [9.17, 15) is 0 Å². The second kappa shape index (κ2) is 4.13. The molecular formula is C12H7Cl2O. The third-order valence-corrected chi connectivity index (χ3v) is 2.67. The highest BCUT2D eigenvalue weighted by atomic mass is 35.5. The molecule has 0 saturated heterocycles. The minimum Gasteiger partial charge on any atom is -0.508 e. The molecule has 0 saturated carbocycles. The van der Waals surface area contributed by atoms with Gasteiger partial charge in [0.05, 0.1) is 5.02 Å². The van der Waals surface area contributed by atoms with Crippen molar-refractivity contribution in [3.05, 3.63) is 52.5 Å². The quantitative estimate of drug-likeness (QED) is 0.790. The molecule has 0 fully saturated rings. The zero-order chi connectivity index (χ0) is 10.8. The van der Waals surface area contributed by atoms with Gasteiger partial charge < -0.3 is 5.11 Å². The van der Waals surface area contributed by atoms with Gasteiger partial charge in [-0.05, 0) is 23.8 Å². The zero-order valence-electron chi connectivity index (χ0n) is 7.67. The van der Waals surface area contributed by atoms with Gasteiger partial charge in [0.1, 0.15) is 5.75 Å². The van der Waals surface area contributed by atoms with Crippen molar-refractivity contribution >= 4 is 23.2 Å². The Morgan fingerprint density at radius 2 is 1.67 bits per heavy atom. The zero-order valence-corrected chi connectivity index (χ0v) is 9.18. The molecule has 0 atom stereocenters. The Bertz CT molecular complexity index is 457. The van der Waals surface area contributed by atoms with Crippen molar-refractivity contribution < 1.29 is 5.11 Å². The Kier molecular flexibility index (Phi) is 2.85. The first-order valence-corrected chi connectivity index (χ1v) is 5.09. The summed E-state index contributed by atoms with van der Waals surface area (Å²) in [4.78, 5) is 0. The fraction of sp³-hybridized carbons (Fsp3) is 0. The lowest BCUT2D eigenvalue weighted by Gasteiger charge is -2.06. The summed E-state index contributed by atoms with van der Waals surface area (Å²) in [5.41, 5.74) is 1.60. The van der Waals surface area contributed by atoms with Gasteiger partial charge in [-0.15, -0.1) is 0 Å². The maximum absolute atomic E-state index is 9.17. The highest BCUT2D eigenvalue weighted by molar-refractivity contribution is 6.39. The average Bonchev–Trinajstić information content (AvgIpc) is 2.20. The third kappa shape index (κ3) is 2.09. The van der Waals surface area contributed by atoms with E-state index in [1.165, 1.54) is 0 Å². The standard InChI is InChI=1S/C12H7Cl2O/c13-10-2-1-3-11(14)12(10)8-4-6-9(15)7-5-8/h1-2,4-7,15H. The smallest absolute Gasteiger partial charge is 0.115 e.